The maximum Gasteiger partial charge on any atom is 0.160 e. The van der Waals surface area contributed by atoms with Gasteiger partial charge in [0.05, 0.1) is 16.8 Å². The van der Waals surface area contributed by atoms with E-state index in [0.717, 1.165) is 39.0 Å². The first kappa shape index (κ1) is 36.6. The van der Waals surface area contributed by atoms with Crippen LogP contribution < -0.4 is 0 Å². The lowest BCUT2D eigenvalue weighted by molar-refractivity contribution is 0.769. The molecular weight excluding hydrogens is 761 g/mol. The van der Waals surface area contributed by atoms with Crippen molar-refractivity contribution >= 4 is 21.5 Å². The Kier molecular flexibility index (Phi) is 8.76. The molecule has 0 fully saturated rings. The van der Waals surface area contributed by atoms with Crippen molar-refractivity contribution in [2.24, 2.45) is 0 Å². The Bertz CT molecular complexity index is 3460. The van der Waals surface area contributed by atoms with Crippen molar-refractivity contribution in [3.05, 3.63) is 265 Å². The number of aromatic nitrogens is 2. The quantitative estimate of drug-likeness (QED) is 0.160. The Morgan fingerprint density at radius 2 is 0.762 bits per heavy atom. The maximum absolute atomic E-state index is 5.32. The predicted octanol–water partition coefficient (Wildman–Crippen LogP) is 15.5. The second-order valence-electron chi connectivity index (χ2n) is 16.4. The SMILES string of the molecule is c1ccc(-c2nc(-c3cccc(-c4cccc5ccccc45)c3)cc(-c3ccc(-c4ccc5c(c4)C(c4ccccc4)(c4ccccc4)c4ccccc4-5)c4ccccc34)n2)cc1. The molecule has 1 aliphatic carbocycles. The van der Waals surface area contributed by atoms with Gasteiger partial charge in [0.1, 0.15) is 0 Å². The molecule has 0 radical (unpaired) electrons. The van der Waals surface area contributed by atoms with Crippen LogP contribution in [0.3, 0.4) is 0 Å². The van der Waals surface area contributed by atoms with Crippen LogP contribution in [-0.2, 0) is 5.41 Å². The molecule has 0 unspecified atom stereocenters. The third-order valence-electron chi connectivity index (χ3n) is 13.0. The molecule has 1 heterocycles. The zero-order valence-electron chi connectivity index (χ0n) is 34.5. The van der Waals surface area contributed by atoms with Gasteiger partial charge in [-0.1, -0.05) is 224 Å². The van der Waals surface area contributed by atoms with Gasteiger partial charge >= 0.3 is 0 Å². The van der Waals surface area contributed by atoms with Gasteiger partial charge in [0, 0.05) is 16.7 Å². The Morgan fingerprint density at radius 3 is 1.54 bits per heavy atom. The van der Waals surface area contributed by atoms with Gasteiger partial charge in [0.25, 0.3) is 0 Å². The molecule has 11 aromatic rings. The fraction of sp³-hybridized carbons (Fsp3) is 0.0164. The van der Waals surface area contributed by atoms with Gasteiger partial charge in [0.15, 0.2) is 5.82 Å². The molecule has 0 atom stereocenters. The summed E-state index contributed by atoms with van der Waals surface area (Å²) in [5.41, 5.74) is 16.8. The summed E-state index contributed by atoms with van der Waals surface area (Å²) in [6.07, 6.45) is 0. The smallest absolute Gasteiger partial charge is 0.160 e. The average Bonchev–Trinajstić information content (AvgIpc) is 3.67. The van der Waals surface area contributed by atoms with E-state index in [1.54, 1.807) is 0 Å². The minimum atomic E-state index is -0.476. The van der Waals surface area contributed by atoms with Crippen molar-refractivity contribution in [3.63, 3.8) is 0 Å². The molecule has 294 valence electrons. The van der Waals surface area contributed by atoms with Crippen molar-refractivity contribution < 1.29 is 0 Å². The minimum absolute atomic E-state index is 0.476. The average molecular weight is 801 g/mol. The molecule has 10 aromatic carbocycles. The van der Waals surface area contributed by atoms with Gasteiger partial charge in [-0.25, -0.2) is 9.97 Å². The van der Waals surface area contributed by atoms with Gasteiger partial charge in [-0.15, -0.1) is 0 Å². The van der Waals surface area contributed by atoms with Crippen LogP contribution in [0, 0.1) is 0 Å². The minimum Gasteiger partial charge on any atom is -0.228 e. The van der Waals surface area contributed by atoms with Crippen LogP contribution >= 0.6 is 0 Å². The molecule has 12 rings (SSSR count). The van der Waals surface area contributed by atoms with Crippen LogP contribution in [0.25, 0.3) is 88.8 Å². The van der Waals surface area contributed by atoms with Crippen LogP contribution in [0.1, 0.15) is 22.3 Å². The first-order valence-corrected chi connectivity index (χ1v) is 21.6. The first-order chi connectivity index (χ1) is 31.2. The molecule has 0 aliphatic heterocycles. The Morgan fingerprint density at radius 1 is 0.270 bits per heavy atom. The second kappa shape index (κ2) is 15.1. The first-order valence-electron chi connectivity index (χ1n) is 21.6. The Hall–Kier alpha value is -8.20. The van der Waals surface area contributed by atoms with Gasteiger partial charge in [0.2, 0.25) is 0 Å². The summed E-state index contributed by atoms with van der Waals surface area (Å²) in [4.78, 5) is 10.6. The highest BCUT2D eigenvalue weighted by Gasteiger charge is 2.46. The predicted molar refractivity (Wildman–Crippen MR) is 262 cm³/mol. The second-order valence-corrected chi connectivity index (χ2v) is 16.4. The van der Waals surface area contributed by atoms with E-state index in [1.807, 2.05) is 6.07 Å². The van der Waals surface area contributed by atoms with E-state index in [-0.39, 0.29) is 0 Å². The molecule has 0 saturated carbocycles. The van der Waals surface area contributed by atoms with E-state index in [1.165, 1.54) is 66.2 Å². The number of nitrogens with zero attached hydrogens (tertiary/aromatic N) is 2. The number of hydrogen-bond acceptors (Lipinski definition) is 2. The van der Waals surface area contributed by atoms with Crippen molar-refractivity contribution in [2.75, 3.05) is 0 Å². The molecule has 2 nitrogen and oxygen atoms in total. The molecule has 0 spiro atoms. The number of rotatable bonds is 7. The van der Waals surface area contributed by atoms with Crippen molar-refractivity contribution in [2.45, 2.75) is 5.41 Å². The lowest BCUT2D eigenvalue weighted by atomic mass is 9.67. The van der Waals surface area contributed by atoms with E-state index in [0.29, 0.717) is 5.82 Å². The normalized spacial score (nSPS) is 12.6. The van der Waals surface area contributed by atoms with E-state index >= 15 is 0 Å². The van der Waals surface area contributed by atoms with Crippen LogP contribution in [-0.4, -0.2) is 9.97 Å². The summed E-state index contributed by atoms with van der Waals surface area (Å²) < 4.78 is 0. The summed E-state index contributed by atoms with van der Waals surface area (Å²) >= 11 is 0. The fourth-order valence-electron chi connectivity index (χ4n) is 10.2. The zero-order valence-corrected chi connectivity index (χ0v) is 34.5. The molecule has 1 aromatic heterocycles. The van der Waals surface area contributed by atoms with E-state index in [2.05, 4.69) is 237 Å². The van der Waals surface area contributed by atoms with E-state index in [4.69, 9.17) is 9.97 Å². The molecule has 2 heteroatoms. The molecule has 63 heavy (non-hydrogen) atoms. The van der Waals surface area contributed by atoms with Gasteiger partial charge in [-0.2, -0.15) is 0 Å². The van der Waals surface area contributed by atoms with Crippen molar-refractivity contribution in [1.29, 1.82) is 0 Å². The number of fused-ring (bicyclic) bond motifs is 5. The summed E-state index contributed by atoms with van der Waals surface area (Å²) in [5.74, 6) is 0.697. The summed E-state index contributed by atoms with van der Waals surface area (Å²) in [7, 11) is 0. The number of hydrogen-bond donors (Lipinski definition) is 0. The molecule has 0 N–H and O–H groups in total. The fourth-order valence-corrected chi connectivity index (χ4v) is 10.2. The van der Waals surface area contributed by atoms with Gasteiger partial charge in [-0.3, -0.25) is 0 Å². The summed E-state index contributed by atoms with van der Waals surface area (Å²) in [6.45, 7) is 0. The van der Waals surface area contributed by atoms with Crippen LogP contribution in [0.5, 0.6) is 0 Å². The standard InChI is InChI=1S/C61H40N2/c1-4-19-42(20-5-1)60-62-58(45-23-16-22-43(38-45)49-32-17-21-41-18-10-11-28-48(41)49)40-59(63-60)55-37-36-50(51-29-12-13-30-52(51)55)44-34-35-54-53-31-14-15-33-56(53)61(57(54)39-44,46-24-6-2-7-25-46)47-26-8-3-9-27-47/h1-40H. The third-order valence-corrected chi connectivity index (χ3v) is 13.0. The largest absolute Gasteiger partial charge is 0.228 e. The summed E-state index contributed by atoms with van der Waals surface area (Å²) in [5, 5.41) is 4.78. The highest BCUT2D eigenvalue weighted by Crippen LogP contribution is 2.57. The third kappa shape index (κ3) is 6.02. The Labute approximate surface area is 367 Å². The van der Waals surface area contributed by atoms with Gasteiger partial charge in [-0.05, 0) is 95.4 Å². The molecule has 0 saturated heterocycles. The van der Waals surface area contributed by atoms with Crippen LogP contribution in [0.2, 0.25) is 0 Å². The van der Waals surface area contributed by atoms with Crippen LogP contribution in [0.15, 0.2) is 243 Å². The topological polar surface area (TPSA) is 25.8 Å². The molecular formula is C61H40N2. The molecule has 0 bridgehead atoms. The number of benzene rings is 10. The Balaban J connectivity index is 1.03. The maximum atomic E-state index is 5.32. The van der Waals surface area contributed by atoms with Crippen molar-refractivity contribution in [1.82, 2.24) is 9.97 Å². The lowest BCUT2D eigenvalue weighted by Gasteiger charge is -2.34. The van der Waals surface area contributed by atoms with Crippen molar-refractivity contribution in [3.8, 4) is 67.3 Å². The van der Waals surface area contributed by atoms with Crippen LogP contribution in [0.4, 0.5) is 0 Å². The highest BCUT2D eigenvalue weighted by molar-refractivity contribution is 6.05. The van der Waals surface area contributed by atoms with Gasteiger partial charge < -0.3 is 0 Å². The molecule has 0 amide bonds. The summed E-state index contributed by atoms with van der Waals surface area (Å²) in [6, 6.07) is 87.8. The highest BCUT2D eigenvalue weighted by atomic mass is 14.9. The molecule has 1 aliphatic rings. The zero-order chi connectivity index (χ0) is 41.7. The van der Waals surface area contributed by atoms with E-state index in [9.17, 15) is 0 Å². The van der Waals surface area contributed by atoms with E-state index < -0.39 is 5.41 Å². The monoisotopic (exact) mass is 800 g/mol. The lowest BCUT2D eigenvalue weighted by Crippen LogP contribution is -2.28.